The molecular weight excluding hydrogens is 282 g/mol. The lowest BCUT2D eigenvalue weighted by Gasteiger charge is -2.45. The maximum atomic E-state index is 7.71. The van der Waals surface area contributed by atoms with Gasteiger partial charge < -0.3 is 9.58 Å². The van der Waals surface area contributed by atoms with Crippen molar-refractivity contribution in [2.24, 2.45) is 17.8 Å². The van der Waals surface area contributed by atoms with E-state index in [1.54, 1.807) is 0 Å². The van der Waals surface area contributed by atoms with Gasteiger partial charge >= 0.3 is 0 Å². The van der Waals surface area contributed by atoms with Gasteiger partial charge in [0.25, 0.3) is 0 Å². The Bertz CT molecular complexity index is 593. The van der Waals surface area contributed by atoms with Crippen LogP contribution in [0.1, 0.15) is 52.9 Å². The largest absolute Gasteiger partial charge is 0.369 e. The second-order valence-electron chi connectivity index (χ2n) is 8.01. The zero-order valence-corrected chi connectivity index (χ0v) is 14.8. The van der Waals surface area contributed by atoms with Gasteiger partial charge in [-0.3, -0.25) is 0 Å². The summed E-state index contributed by atoms with van der Waals surface area (Å²) in [5, 5.41) is 0. The van der Waals surface area contributed by atoms with E-state index in [0.717, 1.165) is 37.9 Å². The summed E-state index contributed by atoms with van der Waals surface area (Å²) in [6.07, 6.45) is 10.5. The molecular formula is C21H29NO. The fourth-order valence-electron chi connectivity index (χ4n) is 4.81. The summed E-state index contributed by atoms with van der Waals surface area (Å²) in [5.74, 6) is 1.59. The molecule has 2 heteroatoms. The molecule has 1 saturated carbocycles. The highest BCUT2D eigenvalue weighted by Gasteiger charge is 2.52. The Balaban J connectivity index is 1.85. The van der Waals surface area contributed by atoms with E-state index in [1.165, 1.54) is 17.6 Å². The van der Waals surface area contributed by atoms with Crippen LogP contribution in [-0.2, 0) is 4.74 Å². The number of allylic oxidation sites excluding steroid dienone is 2. The molecule has 0 spiro atoms. The van der Waals surface area contributed by atoms with Crippen molar-refractivity contribution >= 4 is 0 Å². The van der Waals surface area contributed by atoms with Crippen LogP contribution in [0.2, 0.25) is 0 Å². The van der Waals surface area contributed by atoms with E-state index in [0.29, 0.717) is 17.8 Å². The van der Waals surface area contributed by atoms with Gasteiger partial charge in [0, 0.05) is 19.3 Å². The van der Waals surface area contributed by atoms with Crippen LogP contribution in [0.15, 0.2) is 35.5 Å². The third kappa shape index (κ3) is 3.04. The second kappa shape index (κ2) is 6.29. The molecule has 1 heterocycles. The van der Waals surface area contributed by atoms with Crippen LogP contribution < -0.4 is 0 Å². The van der Waals surface area contributed by atoms with Crippen molar-refractivity contribution in [3.8, 4) is 0 Å². The summed E-state index contributed by atoms with van der Waals surface area (Å²) in [6.45, 7) is 19.0. The monoisotopic (exact) mass is 311 g/mol. The molecule has 3 aliphatic rings. The van der Waals surface area contributed by atoms with Crippen molar-refractivity contribution in [1.29, 1.82) is 0 Å². The molecule has 0 aromatic rings. The molecule has 124 valence electrons. The summed E-state index contributed by atoms with van der Waals surface area (Å²) in [4.78, 5) is 4.06. The summed E-state index contributed by atoms with van der Waals surface area (Å²) >= 11 is 0. The molecule has 0 aromatic carbocycles. The predicted molar refractivity (Wildman–Crippen MR) is 95.0 cm³/mol. The molecule has 0 aromatic heterocycles. The van der Waals surface area contributed by atoms with Gasteiger partial charge in [0.15, 0.2) is 0 Å². The van der Waals surface area contributed by atoms with Gasteiger partial charge in [0.05, 0.1) is 12.7 Å². The second-order valence-corrected chi connectivity index (χ2v) is 8.01. The first kappa shape index (κ1) is 16.5. The van der Waals surface area contributed by atoms with E-state index < -0.39 is 0 Å². The Kier molecular flexibility index (Phi) is 4.52. The van der Waals surface area contributed by atoms with E-state index in [-0.39, 0.29) is 11.6 Å². The van der Waals surface area contributed by atoms with E-state index in [1.807, 2.05) is 0 Å². The van der Waals surface area contributed by atoms with E-state index in [2.05, 4.69) is 44.3 Å². The van der Waals surface area contributed by atoms with Gasteiger partial charge in [-0.2, -0.15) is 0 Å². The molecule has 0 N–H and O–H groups in total. The highest BCUT2D eigenvalue weighted by Crippen LogP contribution is 2.51. The average Bonchev–Trinajstić information content (AvgIpc) is 2.55. The van der Waals surface area contributed by atoms with Gasteiger partial charge in [0.2, 0.25) is 5.54 Å². The Morgan fingerprint density at radius 2 is 2.22 bits per heavy atom. The van der Waals surface area contributed by atoms with E-state index >= 15 is 0 Å². The SMILES string of the molecule is [C-]#[N+]C1(C)CCC(C2=CCC(C(=C)C)OC2)C2C=C(C)CCC21. The number of hydrogen-bond acceptors (Lipinski definition) is 1. The highest BCUT2D eigenvalue weighted by molar-refractivity contribution is 5.25. The lowest BCUT2D eigenvalue weighted by atomic mass is 9.58. The fraction of sp³-hybridized carbons (Fsp3) is 0.667. The summed E-state index contributed by atoms with van der Waals surface area (Å²) in [6, 6.07) is 0. The van der Waals surface area contributed by atoms with Crippen molar-refractivity contribution < 1.29 is 4.74 Å². The first-order chi connectivity index (χ1) is 10.9. The van der Waals surface area contributed by atoms with Crippen LogP contribution in [0, 0.1) is 24.3 Å². The Morgan fingerprint density at radius 1 is 1.43 bits per heavy atom. The summed E-state index contributed by atoms with van der Waals surface area (Å²) in [5.41, 5.74) is 3.92. The minimum Gasteiger partial charge on any atom is -0.369 e. The molecule has 1 aliphatic heterocycles. The van der Waals surface area contributed by atoms with Crippen LogP contribution in [0.4, 0.5) is 0 Å². The van der Waals surface area contributed by atoms with Gasteiger partial charge in [-0.1, -0.05) is 29.9 Å². The number of rotatable bonds is 2. The molecule has 0 bridgehead atoms. The van der Waals surface area contributed by atoms with Gasteiger partial charge in [-0.15, -0.1) is 0 Å². The zero-order chi connectivity index (χ0) is 16.6. The van der Waals surface area contributed by atoms with Gasteiger partial charge in [0.1, 0.15) is 0 Å². The number of ether oxygens (including phenoxy) is 1. The van der Waals surface area contributed by atoms with Crippen molar-refractivity contribution in [2.75, 3.05) is 6.61 Å². The third-order valence-corrected chi connectivity index (χ3v) is 6.34. The quantitative estimate of drug-likeness (QED) is 0.496. The van der Waals surface area contributed by atoms with E-state index in [4.69, 9.17) is 11.3 Å². The number of hydrogen-bond donors (Lipinski definition) is 0. The smallest absolute Gasteiger partial charge is 0.233 e. The van der Waals surface area contributed by atoms with Gasteiger partial charge in [-0.05, 0) is 56.9 Å². The summed E-state index contributed by atoms with van der Waals surface area (Å²) in [7, 11) is 0. The topological polar surface area (TPSA) is 13.6 Å². The fourth-order valence-corrected chi connectivity index (χ4v) is 4.81. The van der Waals surface area contributed by atoms with Crippen LogP contribution in [0.25, 0.3) is 4.85 Å². The standard InChI is InChI=1S/C21H29NO/c1-14(2)20-9-7-16(13-23-20)17-10-11-21(4,22-5)19-8-6-15(3)12-18(17)19/h7,12,17-20H,1,6,8-11,13H2,2-4H3. The number of fused-ring (bicyclic) bond motifs is 1. The molecule has 2 aliphatic carbocycles. The van der Waals surface area contributed by atoms with Crippen LogP contribution in [0.3, 0.4) is 0 Å². The lowest BCUT2D eigenvalue weighted by molar-refractivity contribution is 0.0642. The van der Waals surface area contributed by atoms with E-state index in [9.17, 15) is 0 Å². The normalized spacial score (nSPS) is 40.4. The molecule has 0 saturated heterocycles. The first-order valence-corrected chi connectivity index (χ1v) is 8.96. The number of nitrogens with zero attached hydrogens (tertiary/aromatic N) is 1. The zero-order valence-electron chi connectivity index (χ0n) is 14.8. The van der Waals surface area contributed by atoms with Crippen molar-refractivity contribution in [1.82, 2.24) is 0 Å². The molecule has 5 unspecified atom stereocenters. The Hall–Kier alpha value is -1.33. The molecule has 3 rings (SSSR count). The molecule has 23 heavy (non-hydrogen) atoms. The van der Waals surface area contributed by atoms with Crippen molar-refractivity contribution in [3.63, 3.8) is 0 Å². The molecule has 0 radical (unpaired) electrons. The van der Waals surface area contributed by atoms with Crippen LogP contribution >= 0.6 is 0 Å². The van der Waals surface area contributed by atoms with Gasteiger partial charge in [-0.25, -0.2) is 6.57 Å². The maximum absolute atomic E-state index is 7.71. The molecule has 0 amide bonds. The molecule has 1 fully saturated rings. The van der Waals surface area contributed by atoms with Crippen LogP contribution in [-0.4, -0.2) is 18.2 Å². The Morgan fingerprint density at radius 3 is 2.83 bits per heavy atom. The first-order valence-electron chi connectivity index (χ1n) is 8.96. The highest BCUT2D eigenvalue weighted by atomic mass is 16.5. The predicted octanol–water partition coefficient (Wildman–Crippen LogP) is 5.34. The Labute approximate surface area is 141 Å². The van der Waals surface area contributed by atoms with Crippen LogP contribution in [0.5, 0.6) is 0 Å². The lowest BCUT2D eigenvalue weighted by Crippen LogP contribution is -2.46. The summed E-state index contributed by atoms with van der Waals surface area (Å²) < 4.78 is 6.04. The average molecular weight is 311 g/mol. The maximum Gasteiger partial charge on any atom is 0.233 e. The molecule has 5 atom stereocenters. The third-order valence-electron chi connectivity index (χ3n) is 6.34. The minimum atomic E-state index is -0.172. The van der Waals surface area contributed by atoms with Crippen molar-refractivity contribution in [2.45, 2.75) is 64.5 Å². The van der Waals surface area contributed by atoms with Crippen molar-refractivity contribution in [3.05, 3.63) is 46.9 Å². The minimum absolute atomic E-state index is 0.172. The molecule has 2 nitrogen and oxygen atoms in total.